The number of ether oxygens (including phenoxy) is 2. The van der Waals surface area contributed by atoms with Crippen LogP contribution in [-0.2, 0) is 34.5 Å². The highest BCUT2D eigenvalue weighted by Gasteiger charge is 2.23. The molecule has 1 aromatic heterocycles. The number of halogens is 1. The fourth-order valence-corrected chi connectivity index (χ4v) is 3.84. The summed E-state index contributed by atoms with van der Waals surface area (Å²) in [6.45, 7) is 4.14. The normalized spacial score (nSPS) is 10.8. The molecule has 3 aromatic rings. The fraction of sp³-hybridized carbons (Fsp3) is 0.357. The Morgan fingerprint density at radius 2 is 1.67 bits per heavy atom. The maximum Gasteiger partial charge on any atom is 0.260 e. The number of benzene rings is 2. The summed E-state index contributed by atoms with van der Waals surface area (Å²) in [4.78, 5) is 30.0. The van der Waals surface area contributed by atoms with Gasteiger partial charge in [-0.05, 0) is 55.3 Å². The number of amides is 2. The van der Waals surface area contributed by atoms with Crippen molar-refractivity contribution in [2.45, 2.75) is 26.4 Å². The molecule has 2 aromatic carbocycles. The molecule has 36 heavy (non-hydrogen) atoms. The average Bonchev–Trinajstić information content (AvgIpc) is 3.29. The van der Waals surface area contributed by atoms with Crippen LogP contribution in [0.15, 0.2) is 72.9 Å². The fourth-order valence-electron chi connectivity index (χ4n) is 3.72. The Morgan fingerprint density at radius 1 is 0.917 bits per heavy atom. The van der Waals surface area contributed by atoms with Gasteiger partial charge in [0, 0.05) is 50.3 Å². The zero-order valence-corrected chi connectivity index (χ0v) is 21.7. The van der Waals surface area contributed by atoms with Gasteiger partial charge in [-0.2, -0.15) is 0 Å². The molecule has 0 radical (unpaired) electrons. The van der Waals surface area contributed by atoms with E-state index in [9.17, 15) is 9.59 Å². The summed E-state index contributed by atoms with van der Waals surface area (Å²) in [7, 11) is 1.96. The monoisotopic (exact) mass is 511 g/mol. The Labute approximate surface area is 218 Å². The van der Waals surface area contributed by atoms with Crippen molar-refractivity contribution in [2.24, 2.45) is 7.05 Å². The number of carbonyl (C=O) groups excluding carboxylic acids is 2. The second kappa shape index (κ2) is 14.3. The van der Waals surface area contributed by atoms with Gasteiger partial charge in [-0.3, -0.25) is 9.59 Å². The van der Waals surface area contributed by atoms with Crippen LogP contribution in [0.3, 0.4) is 0 Å². The van der Waals surface area contributed by atoms with Crippen molar-refractivity contribution in [1.29, 1.82) is 0 Å². The van der Waals surface area contributed by atoms with Crippen LogP contribution in [0, 0.1) is 0 Å². The van der Waals surface area contributed by atoms with Gasteiger partial charge >= 0.3 is 0 Å². The van der Waals surface area contributed by atoms with Gasteiger partial charge in [0.05, 0.1) is 13.1 Å². The third kappa shape index (κ3) is 8.73. The van der Waals surface area contributed by atoms with E-state index in [0.717, 1.165) is 11.3 Å². The minimum atomic E-state index is -0.256. The summed E-state index contributed by atoms with van der Waals surface area (Å²) < 4.78 is 13.1. The first kappa shape index (κ1) is 27.3. The Hall–Kier alpha value is -3.29. The molecule has 192 valence electrons. The van der Waals surface area contributed by atoms with Gasteiger partial charge in [0.2, 0.25) is 5.91 Å². The molecule has 1 heterocycles. The third-order valence-corrected chi connectivity index (χ3v) is 6.00. The first-order valence-electron chi connectivity index (χ1n) is 12.1. The minimum absolute atomic E-state index is 0.0355. The highest BCUT2D eigenvalue weighted by Crippen LogP contribution is 2.16. The van der Waals surface area contributed by atoms with Crippen molar-refractivity contribution in [3.8, 4) is 5.75 Å². The Morgan fingerprint density at radius 3 is 2.33 bits per heavy atom. The molecule has 0 aliphatic carbocycles. The number of nitrogens with zero attached hydrogens (tertiary/aromatic N) is 3. The van der Waals surface area contributed by atoms with Gasteiger partial charge in [-0.25, -0.2) is 0 Å². The molecule has 0 unspecified atom stereocenters. The van der Waals surface area contributed by atoms with E-state index in [2.05, 4.69) is 0 Å². The highest BCUT2D eigenvalue weighted by atomic mass is 35.5. The largest absolute Gasteiger partial charge is 0.484 e. The standard InChI is InChI=1S/C28H34ClN3O4/c1-3-35-18-8-17-31(28(34)22-36-26-14-12-24(29)13-15-26)21-27(33)32(19-23-9-5-4-6-10-23)20-25-11-7-16-30(25)2/h4-7,9-16H,3,8,17-22H2,1-2H3. The quantitative estimate of drug-likeness (QED) is 0.298. The van der Waals surface area contributed by atoms with E-state index in [1.165, 1.54) is 0 Å². The van der Waals surface area contributed by atoms with Crippen LogP contribution in [-0.4, -0.2) is 59.1 Å². The Balaban J connectivity index is 1.70. The SMILES string of the molecule is CCOCCCN(CC(=O)N(Cc1ccccc1)Cc1cccn1C)C(=O)COc1ccc(Cl)cc1. The Bertz CT molecular complexity index is 1090. The highest BCUT2D eigenvalue weighted by molar-refractivity contribution is 6.30. The molecule has 0 saturated heterocycles. The van der Waals surface area contributed by atoms with Crippen molar-refractivity contribution >= 4 is 23.4 Å². The predicted molar refractivity (Wildman–Crippen MR) is 141 cm³/mol. The van der Waals surface area contributed by atoms with Crippen molar-refractivity contribution in [2.75, 3.05) is 32.9 Å². The summed E-state index contributed by atoms with van der Waals surface area (Å²) in [5.41, 5.74) is 2.04. The topological polar surface area (TPSA) is 64.0 Å². The van der Waals surface area contributed by atoms with Crippen LogP contribution >= 0.6 is 11.6 Å². The molecule has 7 nitrogen and oxygen atoms in total. The van der Waals surface area contributed by atoms with Crippen LogP contribution in [0.2, 0.25) is 5.02 Å². The average molecular weight is 512 g/mol. The van der Waals surface area contributed by atoms with Crippen molar-refractivity contribution in [3.05, 3.63) is 89.2 Å². The molecule has 0 fully saturated rings. The smallest absolute Gasteiger partial charge is 0.260 e. The van der Waals surface area contributed by atoms with Crippen LogP contribution in [0.5, 0.6) is 5.75 Å². The summed E-state index contributed by atoms with van der Waals surface area (Å²) in [6, 6.07) is 20.6. The minimum Gasteiger partial charge on any atom is -0.484 e. The third-order valence-electron chi connectivity index (χ3n) is 5.75. The molecule has 2 amide bonds. The van der Waals surface area contributed by atoms with Gasteiger partial charge in [-0.15, -0.1) is 0 Å². The second-order valence-electron chi connectivity index (χ2n) is 8.45. The summed E-state index contributed by atoms with van der Waals surface area (Å²) in [5, 5.41) is 0.591. The van der Waals surface area contributed by atoms with E-state index in [-0.39, 0.29) is 25.0 Å². The maximum absolute atomic E-state index is 13.5. The number of hydrogen-bond donors (Lipinski definition) is 0. The molecular weight excluding hydrogens is 478 g/mol. The van der Waals surface area contributed by atoms with Crippen LogP contribution < -0.4 is 4.74 Å². The number of rotatable bonds is 14. The number of aryl methyl sites for hydroxylation is 1. The van der Waals surface area contributed by atoms with E-state index in [4.69, 9.17) is 21.1 Å². The molecule has 0 aliphatic heterocycles. The lowest BCUT2D eigenvalue weighted by atomic mass is 10.2. The van der Waals surface area contributed by atoms with E-state index >= 15 is 0 Å². The maximum atomic E-state index is 13.5. The first-order chi connectivity index (χ1) is 17.5. The van der Waals surface area contributed by atoms with Gasteiger partial charge < -0.3 is 23.8 Å². The molecule has 0 N–H and O–H groups in total. The molecule has 0 atom stereocenters. The molecule has 0 saturated carbocycles. The second-order valence-corrected chi connectivity index (χ2v) is 8.89. The molecular formula is C28H34ClN3O4. The lowest BCUT2D eigenvalue weighted by molar-refractivity contribution is -0.142. The van der Waals surface area contributed by atoms with Crippen LogP contribution in [0.1, 0.15) is 24.6 Å². The van der Waals surface area contributed by atoms with E-state index < -0.39 is 0 Å². The number of carbonyl (C=O) groups is 2. The first-order valence-corrected chi connectivity index (χ1v) is 12.5. The van der Waals surface area contributed by atoms with E-state index in [0.29, 0.717) is 50.0 Å². The van der Waals surface area contributed by atoms with Crippen LogP contribution in [0.25, 0.3) is 0 Å². The van der Waals surface area contributed by atoms with E-state index in [1.807, 2.05) is 67.2 Å². The summed E-state index contributed by atoms with van der Waals surface area (Å²) >= 11 is 5.93. The number of aromatic nitrogens is 1. The molecule has 0 spiro atoms. The molecule has 0 aliphatic rings. The van der Waals surface area contributed by atoms with Gasteiger partial charge in [-0.1, -0.05) is 41.9 Å². The molecule has 3 rings (SSSR count). The molecule has 0 bridgehead atoms. The Kier molecular flexibility index (Phi) is 10.9. The summed E-state index contributed by atoms with van der Waals surface area (Å²) in [6.07, 6.45) is 2.59. The number of hydrogen-bond acceptors (Lipinski definition) is 4. The van der Waals surface area contributed by atoms with Crippen LogP contribution in [0.4, 0.5) is 0 Å². The molecule has 8 heteroatoms. The predicted octanol–water partition coefficient (Wildman–Crippen LogP) is 4.54. The zero-order valence-electron chi connectivity index (χ0n) is 20.9. The zero-order chi connectivity index (χ0) is 25.8. The van der Waals surface area contributed by atoms with E-state index in [1.54, 1.807) is 34.1 Å². The van der Waals surface area contributed by atoms with Crippen molar-refractivity contribution in [1.82, 2.24) is 14.4 Å². The van der Waals surface area contributed by atoms with Gasteiger partial charge in [0.15, 0.2) is 6.61 Å². The lowest BCUT2D eigenvalue weighted by Crippen LogP contribution is -2.44. The van der Waals surface area contributed by atoms with Gasteiger partial charge in [0.1, 0.15) is 5.75 Å². The lowest BCUT2D eigenvalue weighted by Gasteiger charge is -2.28. The van der Waals surface area contributed by atoms with Gasteiger partial charge in [0.25, 0.3) is 5.91 Å². The summed E-state index contributed by atoms with van der Waals surface area (Å²) in [5.74, 6) is 0.160. The van der Waals surface area contributed by atoms with Crippen molar-refractivity contribution < 1.29 is 19.1 Å². The van der Waals surface area contributed by atoms with Crippen molar-refractivity contribution in [3.63, 3.8) is 0 Å².